The molecule has 0 bridgehead atoms. The first-order valence-corrected chi connectivity index (χ1v) is 10.0. The lowest BCUT2D eigenvalue weighted by Gasteiger charge is -2.11. The molecule has 6 heteroatoms. The number of hydrogen-bond donors (Lipinski definition) is 3. The molecule has 0 aliphatic rings. The van der Waals surface area contributed by atoms with Crippen LogP contribution >= 0.6 is 11.3 Å². The minimum atomic E-state index is 0.829. The van der Waals surface area contributed by atoms with Gasteiger partial charge in [0.25, 0.3) is 0 Å². The van der Waals surface area contributed by atoms with Crippen LogP contribution in [0.25, 0.3) is 10.9 Å². The van der Waals surface area contributed by atoms with Crippen molar-refractivity contribution in [2.24, 2.45) is 4.99 Å². The van der Waals surface area contributed by atoms with Gasteiger partial charge in [0.15, 0.2) is 5.96 Å². The van der Waals surface area contributed by atoms with E-state index in [0.717, 1.165) is 49.0 Å². The molecular weight excluding hydrogens is 342 g/mol. The second-order valence-electron chi connectivity index (χ2n) is 6.29. The van der Waals surface area contributed by atoms with Gasteiger partial charge in [-0.05, 0) is 30.9 Å². The molecule has 3 N–H and O–H groups in total. The van der Waals surface area contributed by atoms with Crippen molar-refractivity contribution in [3.8, 4) is 0 Å². The maximum atomic E-state index is 4.49. The number of benzene rings is 1. The van der Waals surface area contributed by atoms with Gasteiger partial charge in [-0.3, -0.25) is 4.99 Å². The molecule has 0 aliphatic carbocycles. The Labute approximate surface area is 159 Å². The number of fused-ring (bicyclic) bond motifs is 1. The molecule has 0 atom stereocenters. The fraction of sp³-hybridized carbons (Fsp3) is 0.400. The first-order chi connectivity index (χ1) is 12.7. The lowest BCUT2D eigenvalue weighted by Crippen LogP contribution is -2.39. The number of H-pyrrole nitrogens is 1. The van der Waals surface area contributed by atoms with E-state index in [-0.39, 0.29) is 0 Å². The zero-order chi connectivity index (χ0) is 18.4. The molecule has 2 aromatic heterocycles. The maximum Gasteiger partial charge on any atom is 0.190 e. The Hall–Kier alpha value is -2.34. The summed E-state index contributed by atoms with van der Waals surface area (Å²) in [4.78, 5) is 12.2. The molecule has 26 heavy (non-hydrogen) atoms. The van der Waals surface area contributed by atoms with Gasteiger partial charge in [0.05, 0.1) is 10.7 Å². The predicted octanol–water partition coefficient (Wildman–Crippen LogP) is 3.45. The second-order valence-corrected chi connectivity index (χ2v) is 7.35. The molecule has 1 aromatic carbocycles. The summed E-state index contributed by atoms with van der Waals surface area (Å²) in [5.41, 5.74) is 5.12. The van der Waals surface area contributed by atoms with E-state index in [4.69, 9.17) is 0 Å². The Balaban J connectivity index is 1.48. The van der Waals surface area contributed by atoms with Gasteiger partial charge in [0, 0.05) is 49.0 Å². The van der Waals surface area contributed by atoms with Crippen molar-refractivity contribution in [2.75, 3.05) is 20.1 Å². The summed E-state index contributed by atoms with van der Waals surface area (Å²) in [6, 6.07) is 6.53. The molecular formula is C20H27N5S. The topological polar surface area (TPSA) is 65.1 Å². The van der Waals surface area contributed by atoms with E-state index >= 15 is 0 Å². The third kappa shape index (κ3) is 4.43. The minimum Gasteiger partial charge on any atom is -0.361 e. The van der Waals surface area contributed by atoms with Crippen molar-refractivity contribution in [1.29, 1.82) is 0 Å². The van der Waals surface area contributed by atoms with E-state index in [1.165, 1.54) is 22.0 Å². The van der Waals surface area contributed by atoms with Crippen molar-refractivity contribution in [1.82, 2.24) is 20.6 Å². The van der Waals surface area contributed by atoms with Crippen LogP contribution in [0.3, 0.4) is 0 Å². The highest BCUT2D eigenvalue weighted by Crippen LogP contribution is 2.22. The van der Waals surface area contributed by atoms with Gasteiger partial charge in [-0.25, -0.2) is 4.98 Å². The van der Waals surface area contributed by atoms with Crippen molar-refractivity contribution < 1.29 is 0 Å². The van der Waals surface area contributed by atoms with Crippen LogP contribution in [0.4, 0.5) is 0 Å². The molecule has 0 fully saturated rings. The molecule has 0 aliphatic heterocycles. The van der Waals surface area contributed by atoms with Crippen LogP contribution in [-0.4, -0.2) is 36.1 Å². The van der Waals surface area contributed by atoms with E-state index in [1.54, 1.807) is 11.3 Å². The number of nitrogens with one attached hydrogen (secondary N) is 3. The predicted molar refractivity (Wildman–Crippen MR) is 111 cm³/mol. The first kappa shape index (κ1) is 18.5. The molecule has 3 rings (SSSR count). The van der Waals surface area contributed by atoms with Crippen LogP contribution < -0.4 is 10.6 Å². The van der Waals surface area contributed by atoms with Crippen molar-refractivity contribution in [3.63, 3.8) is 0 Å². The van der Waals surface area contributed by atoms with Crippen LogP contribution in [0, 0.1) is 6.92 Å². The van der Waals surface area contributed by atoms with Crippen LogP contribution in [0.1, 0.15) is 28.8 Å². The van der Waals surface area contributed by atoms with Gasteiger partial charge in [-0.15, -0.1) is 11.3 Å². The molecule has 0 saturated carbocycles. The van der Waals surface area contributed by atoms with Gasteiger partial charge in [-0.1, -0.05) is 25.1 Å². The van der Waals surface area contributed by atoms with Crippen LogP contribution in [0.15, 0.2) is 34.8 Å². The van der Waals surface area contributed by atoms with E-state index in [1.807, 2.05) is 14.0 Å². The Bertz CT molecular complexity index is 877. The Kier molecular flexibility index (Phi) is 6.28. The summed E-state index contributed by atoms with van der Waals surface area (Å²) in [6.07, 6.45) is 5.04. The molecule has 0 amide bonds. The standard InChI is InChI=1S/C20H27N5S/c1-4-15-6-5-7-18-16(12-24-19(15)18)8-10-22-20(21-3)23-11-9-17-13-26-14(2)25-17/h5-7,12-13,24H,4,8-11H2,1-3H3,(H2,21,22,23). The number of thiazole rings is 1. The van der Waals surface area contributed by atoms with Crippen molar-refractivity contribution >= 4 is 28.2 Å². The van der Waals surface area contributed by atoms with Gasteiger partial charge < -0.3 is 15.6 Å². The molecule has 0 spiro atoms. The van der Waals surface area contributed by atoms with Gasteiger partial charge in [0.2, 0.25) is 0 Å². The highest BCUT2D eigenvalue weighted by atomic mass is 32.1. The number of rotatable bonds is 7. The van der Waals surface area contributed by atoms with E-state index in [2.05, 4.69) is 62.3 Å². The zero-order valence-corrected chi connectivity index (χ0v) is 16.5. The number of nitrogens with zero attached hydrogens (tertiary/aromatic N) is 2. The highest BCUT2D eigenvalue weighted by molar-refractivity contribution is 7.09. The average molecular weight is 370 g/mol. The summed E-state index contributed by atoms with van der Waals surface area (Å²) in [7, 11) is 1.81. The van der Waals surface area contributed by atoms with Crippen molar-refractivity contribution in [3.05, 3.63) is 51.6 Å². The number of aromatic amines is 1. The van der Waals surface area contributed by atoms with Crippen LogP contribution in [0.5, 0.6) is 0 Å². The van der Waals surface area contributed by atoms with Gasteiger partial charge >= 0.3 is 0 Å². The fourth-order valence-corrected chi connectivity index (χ4v) is 3.79. The molecule has 0 saturated heterocycles. The normalized spacial score (nSPS) is 11.9. The largest absolute Gasteiger partial charge is 0.361 e. The highest BCUT2D eigenvalue weighted by Gasteiger charge is 2.07. The number of hydrogen-bond acceptors (Lipinski definition) is 3. The molecule has 138 valence electrons. The molecule has 5 nitrogen and oxygen atoms in total. The number of aryl methyl sites for hydroxylation is 2. The van der Waals surface area contributed by atoms with Crippen LogP contribution in [0.2, 0.25) is 0 Å². The SMILES string of the molecule is CCc1cccc2c(CCNC(=NC)NCCc3csc(C)n3)c[nH]c12. The monoisotopic (exact) mass is 369 g/mol. The van der Waals surface area contributed by atoms with Crippen molar-refractivity contribution in [2.45, 2.75) is 33.1 Å². The summed E-state index contributed by atoms with van der Waals surface area (Å²) < 4.78 is 0. The zero-order valence-electron chi connectivity index (χ0n) is 15.7. The Morgan fingerprint density at radius 3 is 2.69 bits per heavy atom. The number of guanidine groups is 1. The molecule has 0 unspecified atom stereocenters. The Morgan fingerprint density at radius 1 is 1.19 bits per heavy atom. The quantitative estimate of drug-likeness (QED) is 0.441. The smallest absolute Gasteiger partial charge is 0.190 e. The lowest BCUT2D eigenvalue weighted by molar-refractivity contribution is 0.778. The summed E-state index contributed by atoms with van der Waals surface area (Å²) >= 11 is 1.70. The molecule has 0 radical (unpaired) electrons. The summed E-state index contributed by atoms with van der Waals surface area (Å²) in [5, 5.41) is 11.3. The molecule has 2 heterocycles. The first-order valence-electron chi connectivity index (χ1n) is 9.14. The maximum absolute atomic E-state index is 4.49. The second kappa shape index (κ2) is 8.85. The minimum absolute atomic E-state index is 0.829. The number of aromatic nitrogens is 2. The molecule has 3 aromatic rings. The van der Waals surface area contributed by atoms with Crippen LogP contribution in [-0.2, 0) is 19.3 Å². The third-order valence-electron chi connectivity index (χ3n) is 4.52. The van der Waals surface area contributed by atoms with Gasteiger partial charge in [0.1, 0.15) is 0 Å². The van der Waals surface area contributed by atoms with Gasteiger partial charge in [-0.2, -0.15) is 0 Å². The number of aliphatic imine (C=N–C) groups is 1. The average Bonchev–Trinajstić information content (AvgIpc) is 3.26. The summed E-state index contributed by atoms with van der Waals surface area (Å²) in [5.74, 6) is 0.839. The van der Waals surface area contributed by atoms with E-state index in [0.29, 0.717) is 0 Å². The summed E-state index contributed by atoms with van der Waals surface area (Å²) in [6.45, 7) is 5.91. The van der Waals surface area contributed by atoms with E-state index in [9.17, 15) is 0 Å². The van der Waals surface area contributed by atoms with E-state index < -0.39 is 0 Å². The third-order valence-corrected chi connectivity index (χ3v) is 5.34. The number of para-hydroxylation sites is 1. The fourth-order valence-electron chi connectivity index (χ4n) is 3.14. The Morgan fingerprint density at radius 2 is 2.00 bits per heavy atom. The lowest BCUT2D eigenvalue weighted by atomic mass is 10.1.